The first-order chi connectivity index (χ1) is 20.4. The van der Waals surface area contributed by atoms with Crippen LogP contribution in [0.25, 0.3) is 11.1 Å². The summed E-state index contributed by atoms with van der Waals surface area (Å²) >= 11 is 0. The normalized spacial score (nSPS) is 15.0. The minimum Gasteiger partial charge on any atom is -0.486 e. The molecule has 0 radical (unpaired) electrons. The number of esters is 1. The van der Waals surface area contributed by atoms with Crippen LogP contribution in [0.4, 0.5) is 13.2 Å². The number of halogens is 3. The van der Waals surface area contributed by atoms with Gasteiger partial charge in [0.15, 0.2) is 0 Å². The van der Waals surface area contributed by atoms with Crippen LogP contribution in [0.1, 0.15) is 93.3 Å². The van der Waals surface area contributed by atoms with E-state index in [1.165, 1.54) is 31.4 Å². The number of hydrogen-bond donors (Lipinski definition) is 1. The highest BCUT2D eigenvalue weighted by atomic mass is 19.4. The molecular weight excluding hydrogens is 555 g/mol. The Bertz CT molecular complexity index is 1340. The highest BCUT2D eigenvalue weighted by Crippen LogP contribution is 2.36. The smallest absolute Gasteiger partial charge is 0.416 e. The van der Waals surface area contributed by atoms with E-state index in [1.54, 1.807) is 45.0 Å². The van der Waals surface area contributed by atoms with E-state index in [0.29, 0.717) is 22.8 Å². The molecule has 3 aromatic rings. The molecule has 1 fully saturated rings. The fourth-order valence-corrected chi connectivity index (χ4v) is 5.34. The van der Waals surface area contributed by atoms with Gasteiger partial charge in [-0.2, -0.15) is 13.2 Å². The van der Waals surface area contributed by atoms with Gasteiger partial charge in [0, 0.05) is 12.1 Å². The van der Waals surface area contributed by atoms with Gasteiger partial charge in [0.2, 0.25) is 0 Å². The Hall–Kier alpha value is -3.81. The zero-order valence-corrected chi connectivity index (χ0v) is 25.0. The number of alkyl halides is 3. The lowest BCUT2D eigenvalue weighted by molar-refractivity contribution is -0.154. The molecule has 1 N–H and O–H groups in total. The Balaban J connectivity index is 1.42. The third-order valence-electron chi connectivity index (χ3n) is 7.53. The molecule has 230 valence electrons. The first kappa shape index (κ1) is 32.1. The lowest BCUT2D eigenvalue weighted by Crippen LogP contribution is -2.29. The topological polar surface area (TPSA) is 64.6 Å². The average molecular weight is 596 g/mol. The summed E-state index contributed by atoms with van der Waals surface area (Å²) < 4.78 is 50.7. The fraction of sp³-hybridized carbons (Fsp3) is 0.429. The molecule has 1 saturated carbocycles. The number of carbonyl (C=O) groups excluding carboxylic acids is 2. The zero-order chi connectivity index (χ0) is 31.0. The molecule has 0 aliphatic heterocycles. The Morgan fingerprint density at radius 2 is 1.42 bits per heavy atom. The highest BCUT2D eigenvalue weighted by molar-refractivity contribution is 5.94. The van der Waals surface area contributed by atoms with Crippen molar-refractivity contribution in [1.29, 1.82) is 0 Å². The van der Waals surface area contributed by atoms with Gasteiger partial charge >= 0.3 is 12.1 Å². The number of benzene rings is 3. The van der Waals surface area contributed by atoms with Crippen LogP contribution in [0, 0.1) is 5.92 Å². The van der Waals surface area contributed by atoms with Gasteiger partial charge < -0.3 is 14.8 Å². The van der Waals surface area contributed by atoms with Crippen molar-refractivity contribution in [1.82, 2.24) is 5.32 Å². The van der Waals surface area contributed by atoms with Gasteiger partial charge in [0.05, 0.1) is 12.0 Å². The van der Waals surface area contributed by atoms with Crippen LogP contribution in [0.5, 0.6) is 5.75 Å². The van der Waals surface area contributed by atoms with Crippen LogP contribution >= 0.6 is 0 Å². The van der Waals surface area contributed by atoms with Crippen molar-refractivity contribution in [2.75, 3.05) is 6.54 Å². The van der Waals surface area contributed by atoms with Gasteiger partial charge in [-0.1, -0.05) is 68.5 Å². The van der Waals surface area contributed by atoms with E-state index >= 15 is 0 Å². The van der Waals surface area contributed by atoms with Crippen molar-refractivity contribution >= 4 is 11.9 Å². The van der Waals surface area contributed by atoms with E-state index in [-0.39, 0.29) is 30.9 Å². The minimum atomic E-state index is -4.37. The van der Waals surface area contributed by atoms with Crippen LogP contribution in [0.2, 0.25) is 0 Å². The number of ether oxygens (including phenoxy) is 2. The Morgan fingerprint density at radius 3 is 1.98 bits per heavy atom. The third kappa shape index (κ3) is 9.87. The monoisotopic (exact) mass is 595 g/mol. The van der Waals surface area contributed by atoms with Crippen molar-refractivity contribution in [3.63, 3.8) is 0 Å². The van der Waals surface area contributed by atoms with Gasteiger partial charge in [-0.15, -0.1) is 0 Å². The van der Waals surface area contributed by atoms with E-state index in [4.69, 9.17) is 9.47 Å². The van der Waals surface area contributed by atoms with Crippen molar-refractivity contribution in [3.05, 3.63) is 89.5 Å². The molecule has 1 atom stereocenters. The summed E-state index contributed by atoms with van der Waals surface area (Å²) in [7, 11) is 0. The second kappa shape index (κ2) is 14.1. The molecular formula is C35H40F3NO4. The molecule has 43 heavy (non-hydrogen) atoms. The van der Waals surface area contributed by atoms with Crippen molar-refractivity contribution in [3.8, 4) is 16.9 Å². The summed E-state index contributed by atoms with van der Waals surface area (Å²) in [5.74, 6) is 0.530. The van der Waals surface area contributed by atoms with E-state index in [1.807, 2.05) is 24.3 Å². The maximum Gasteiger partial charge on any atom is 0.416 e. The molecule has 5 nitrogen and oxygen atoms in total. The number of hydrogen-bond acceptors (Lipinski definition) is 4. The third-order valence-corrected chi connectivity index (χ3v) is 7.53. The van der Waals surface area contributed by atoms with Crippen LogP contribution in [0.15, 0.2) is 72.8 Å². The summed E-state index contributed by atoms with van der Waals surface area (Å²) in [4.78, 5) is 24.5. The van der Waals surface area contributed by atoms with Gasteiger partial charge in [-0.3, -0.25) is 9.59 Å². The highest BCUT2D eigenvalue weighted by Gasteiger charge is 2.30. The van der Waals surface area contributed by atoms with Crippen LogP contribution in [-0.2, 0) is 15.7 Å². The van der Waals surface area contributed by atoms with Gasteiger partial charge in [-0.05, 0) is 86.2 Å². The number of amides is 1. The first-order valence-corrected chi connectivity index (χ1v) is 14.9. The van der Waals surface area contributed by atoms with E-state index < -0.39 is 17.3 Å². The molecule has 4 rings (SSSR count). The quantitative estimate of drug-likeness (QED) is 0.238. The molecule has 0 saturated heterocycles. The first-order valence-electron chi connectivity index (χ1n) is 14.9. The SMILES string of the molecule is CC(C)(C)OC(=O)CCNC(=O)c1ccc(OC(CC2CCCCC2)c2ccc(-c3ccc(C(F)(F)F)cc3)cc2)cc1. The maximum absolute atomic E-state index is 13.0. The Kier molecular flexibility index (Phi) is 10.5. The van der Waals surface area contributed by atoms with E-state index in [0.717, 1.165) is 42.5 Å². The predicted octanol–water partition coefficient (Wildman–Crippen LogP) is 8.92. The summed E-state index contributed by atoms with van der Waals surface area (Å²) in [6, 6.07) is 19.9. The molecule has 1 amide bonds. The molecule has 3 aromatic carbocycles. The van der Waals surface area contributed by atoms with Crippen LogP contribution in [-0.4, -0.2) is 24.0 Å². The molecule has 0 aromatic heterocycles. The lowest BCUT2D eigenvalue weighted by atomic mass is 9.84. The fourth-order valence-electron chi connectivity index (χ4n) is 5.34. The van der Waals surface area contributed by atoms with Crippen molar-refractivity contribution < 1.29 is 32.2 Å². The number of rotatable bonds is 10. The zero-order valence-electron chi connectivity index (χ0n) is 25.0. The van der Waals surface area contributed by atoms with E-state index in [2.05, 4.69) is 5.32 Å². The summed E-state index contributed by atoms with van der Waals surface area (Å²) in [6.45, 7) is 5.57. The van der Waals surface area contributed by atoms with Gasteiger partial charge in [0.1, 0.15) is 17.5 Å². The molecule has 1 unspecified atom stereocenters. The maximum atomic E-state index is 13.0. The van der Waals surface area contributed by atoms with E-state index in [9.17, 15) is 22.8 Å². The van der Waals surface area contributed by atoms with Crippen LogP contribution in [0.3, 0.4) is 0 Å². The largest absolute Gasteiger partial charge is 0.486 e. The van der Waals surface area contributed by atoms with Crippen LogP contribution < -0.4 is 10.1 Å². The Morgan fingerprint density at radius 1 is 0.837 bits per heavy atom. The van der Waals surface area contributed by atoms with Gasteiger partial charge in [-0.25, -0.2) is 0 Å². The number of nitrogens with one attached hydrogen (secondary N) is 1. The standard InChI is InChI=1S/C35H40F3NO4/c1-34(2,3)43-32(40)21-22-39-33(41)28-15-19-30(20-16-28)42-31(23-24-7-5-4-6-8-24)27-11-9-25(10-12-27)26-13-17-29(18-14-26)35(36,37)38/h9-20,24,31H,4-8,21-23H2,1-3H3,(H,39,41). The summed E-state index contributed by atoms with van der Waals surface area (Å²) in [5, 5.41) is 2.75. The lowest BCUT2D eigenvalue weighted by Gasteiger charge is -2.27. The molecule has 0 spiro atoms. The molecule has 1 aliphatic rings. The van der Waals surface area contributed by atoms with Gasteiger partial charge in [0.25, 0.3) is 5.91 Å². The second-order valence-electron chi connectivity index (χ2n) is 12.2. The molecule has 1 aliphatic carbocycles. The number of carbonyl (C=O) groups is 2. The second-order valence-corrected chi connectivity index (χ2v) is 12.2. The average Bonchev–Trinajstić information content (AvgIpc) is 2.96. The Labute approximate surface area is 251 Å². The molecule has 0 heterocycles. The molecule has 0 bridgehead atoms. The summed E-state index contributed by atoms with van der Waals surface area (Å²) in [5.41, 5.74) is 1.75. The minimum absolute atomic E-state index is 0.0880. The molecule has 8 heteroatoms. The summed E-state index contributed by atoms with van der Waals surface area (Å²) in [6.07, 6.45) is 2.36. The predicted molar refractivity (Wildman–Crippen MR) is 161 cm³/mol. The van der Waals surface area contributed by atoms with Crippen molar-refractivity contribution in [2.24, 2.45) is 5.92 Å². The van der Waals surface area contributed by atoms with Crippen molar-refractivity contribution in [2.45, 2.75) is 83.6 Å².